The number of thioether (sulfide) groups is 1. The van der Waals surface area contributed by atoms with Crippen LogP contribution < -0.4 is 5.32 Å². The van der Waals surface area contributed by atoms with Gasteiger partial charge in [-0.3, -0.25) is 9.59 Å². The number of hydrogen-bond acceptors (Lipinski definition) is 4. The van der Waals surface area contributed by atoms with Crippen molar-refractivity contribution in [1.82, 2.24) is 5.32 Å². The SMILES string of the molecule is Cc1ccc(SCC(=O)NC2(CC(=O)O)CCOCC2)c(C)c1. The van der Waals surface area contributed by atoms with Crippen LogP contribution in [0.3, 0.4) is 0 Å². The van der Waals surface area contributed by atoms with Crippen LogP contribution in [-0.2, 0) is 14.3 Å². The fourth-order valence-corrected chi connectivity index (χ4v) is 3.64. The monoisotopic (exact) mass is 337 g/mol. The van der Waals surface area contributed by atoms with E-state index in [1.165, 1.54) is 17.3 Å². The molecule has 23 heavy (non-hydrogen) atoms. The molecule has 126 valence electrons. The first-order valence-electron chi connectivity index (χ1n) is 7.71. The topological polar surface area (TPSA) is 75.6 Å². The summed E-state index contributed by atoms with van der Waals surface area (Å²) in [4.78, 5) is 24.5. The molecule has 0 radical (unpaired) electrons. The zero-order valence-corrected chi connectivity index (χ0v) is 14.4. The second-order valence-electron chi connectivity index (χ2n) is 6.07. The fraction of sp³-hybridized carbons (Fsp3) is 0.529. The molecule has 6 heteroatoms. The van der Waals surface area contributed by atoms with Gasteiger partial charge in [-0.25, -0.2) is 0 Å². The van der Waals surface area contributed by atoms with Crippen LogP contribution in [0.1, 0.15) is 30.4 Å². The molecule has 1 heterocycles. The lowest BCUT2D eigenvalue weighted by Gasteiger charge is -2.36. The molecule has 0 unspecified atom stereocenters. The van der Waals surface area contributed by atoms with E-state index in [4.69, 9.17) is 9.84 Å². The molecule has 1 amide bonds. The summed E-state index contributed by atoms with van der Waals surface area (Å²) in [5, 5.41) is 12.1. The van der Waals surface area contributed by atoms with Gasteiger partial charge in [0.05, 0.1) is 17.7 Å². The van der Waals surface area contributed by atoms with Crippen molar-refractivity contribution in [1.29, 1.82) is 0 Å². The average molecular weight is 337 g/mol. The fourth-order valence-electron chi connectivity index (χ4n) is 2.83. The van der Waals surface area contributed by atoms with Crippen molar-refractivity contribution in [2.75, 3.05) is 19.0 Å². The van der Waals surface area contributed by atoms with Gasteiger partial charge in [0.2, 0.25) is 5.91 Å². The Balaban J connectivity index is 1.95. The summed E-state index contributed by atoms with van der Waals surface area (Å²) in [5.41, 5.74) is 1.66. The Hall–Kier alpha value is -1.53. The Labute approximate surface area is 140 Å². The van der Waals surface area contributed by atoms with E-state index >= 15 is 0 Å². The molecular formula is C17H23NO4S. The number of hydrogen-bond donors (Lipinski definition) is 2. The molecular weight excluding hydrogens is 314 g/mol. The number of aliphatic carboxylic acids is 1. The van der Waals surface area contributed by atoms with Crippen molar-refractivity contribution < 1.29 is 19.4 Å². The van der Waals surface area contributed by atoms with Crippen molar-refractivity contribution in [2.24, 2.45) is 0 Å². The lowest BCUT2D eigenvalue weighted by Crippen LogP contribution is -2.53. The van der Waals surface area contributed by atoms with Crippen LogP contribution >= 0.6 is 11.8 Å². The maximum Gasteiger partial charge on any atom is 0.305 e. The number of rotatable bonds is 6. The van der Waals surface area contributed by atoms with Crippen molar-refractivity contribution in [2.45, 2.75) is 43.5 Å². The molecule has 1 aromatic rings. The molecule has 2 N–H and O–H groups in total. The maximum atomic E-state index is 12.3. The molecule has 0 atom stereocenters. The highest BCUT2D eigenvalue weighted by atomic mass is 32.2. The smallest absolute Gasteiger partial charge is 0.305 e. The quantitative estimate of drug-likeness (QED) is 0.780. The number of nitrogens with one attached hydrogen (secondary N) is 1. The Morgan fingerprint density at radius 2 is 2.00 bits per heavy atom. The second-order valence-corrected chi connectivity index (χ2v) is 7.09. The van der Waals surface area contributed by atoms with Crippen molar-refractivity contribution in [3.63, 3.8) is 0 Å². The minimum atomic E-state index is -0.894. The average Bonchev–Trinajstić information content (AvgIpc) is 2.46. The zero-order chi connectivity index (χ0) is 16.9. The van der Waals surface area contributed by atoms with Crippen LogP contribution in [0.5, 0.6) is 0 Å². The molecule has 0 bridgehead atoms. The molecule has 1 fully saturated rings. The number of aryl methyl sites for hydroxylation is 2. The third-order valence-corrected chi connectivity index (χ3v) is 5.21. The first-order chi connectivity index (χ1) is 10.9. The molecule has 0 aliphatic carbocycles. The summed E-state index contributed by atoms with van der Waals surface area (Å²) in [7, 11) is 0. The first-order valence-corrected chi connectivity index (χ1v) is 8.69. The Kier molecular flexibility index (Phi) is 6.07. The lowest BCUT2D eigenvalue weighted by molar-refractivity contribution is -0.140. The predicted molar refractivity (Wildman–Crippen MR) is 89.8 cm³/mol. The highest BCUT2D eigenvalue weighted by Gasteiger charge is 2.36. The number of ether oxygens (including phenoxy) is 1. The van der Waals surface area contributed by atoms with E-state index in [9.17, 15) is 9.59 Å². The highest BCUT2D eigenvalue weighted by molar-refractivity contribution is 8.00. The van der Waals surface area contributed by atoms with Crippen LogP contribution in [0, 0.1) is 13.8 Å². The standard InChI is InChI=1S/C17H23NO4S/c1-12-3-4-14(13(2)9-12)23-11-15(19)18-17(10-16(20)21)5-7-22-8-6-17/h3-4,9H,5-8,10-11H2,1-2H3,(H,18,19)(H,20,21). The minimum absolute atomic E-state index is 0.0592. The van der Waals surface area contributed by atoms with Gasteiger partial charge < -0.3 is 15.2 Å². The first kappa shape index (κ1) is 17.8. The van der Waals surface area contributed by atoms with Gasteiger partial charge in [-0.15, -0.1) is 11.8 Å². The van der Waals surface area contributed by atoms with E-state index in [0.29, 0.717) is 26.1 Å². The predicted octanol–water partition coefficient (Wildman–Crippen LogP) is 2.54. The summed E-state index contributed by atoms with van der Waals surface area (Å²) in [5.74, 6) is -0.737. The van der Waals surface area contributed by atoms with Crippen LogP contribution in [0.15, 0.2) is 23.1 Å². The largest absolute Gasteiger partial charge is 0.481 e. The number of carboxylic acids is 1. The molecule has 1 aromatic carbocycles. The van der Waals surface area contributed by atoms with E-state index in [2.05, 4.69) is 11.4 Å². The van der Waals surface area contributed by atoms with E-state index < -0.39 is 11.5 Å². The molecule has 1 aliphatic heterocycles. The normalized spacial score (nSPS) is 16.8. The molecule has 1 aliphatic rings. The van der Waals surface area contributed by atoms with Gasteiger partial charge in [-0.2, -0.15) is 0 Å². The number of carboxylic acid groups (broad SMARTS) is 1. The van der Waals surface area contributed by atoms with Crippen LogP contribution in [-0.4, -0.2) is 41.5 Å². The summed E-state index contributed by atoms with van der Waals surface area (Å²) < 4.78 is 5.29. The number of benzene rings is 1. The molecule has 2 rings (SSSR count). The summed E-state index contributed by atoms with van der Waals surface area (Å²) in [6, 6.07) is 6.13. The van der Waals surface area contributed by atoms with E-state index in [1.54, 1.807) is 0 Å². The molecule has 0 spiro atoms. The van der Waals surface area contributed by atoms with Gasteiger partial charge in [0.15, 0.2) is 0 Å². The zero-order valence-electron chi connectivity index (χ0n) is 13.6. The third-order valence-electron chi connectivity index (χ3n) is 4.03. The Morgan fingerprint density at radius 3 is 2.61 bits per heavy atom. The van der Waals surface area contributed by atoms with Crippen LogP contribution in [0.2, 0.25) is 0 Å². The van der Waals surface area contributed by atoms with Crippen LogP contribution in [0.25, 0.3) is 0 Å². The van der Waals surface area contributed by atoms with Gasteiger partial charge in [0.1, 0.15) is 0 Å². The molecule has 5 nitrogen and oxygen atoms in total. The Morgan fingerprint density at radius 1 is 1.30 bits per heavy atom. The van der Waals surface area contributed by atoms with Crippen molar-refractivity contribution in [3.05, 3.63) is 29.3 Å². The van der Waals surface area contributed by atoms with Crippen LogP contribution in [0.4, 0.5) is 0 Å². The third kappa shape index (κ3) is 5.25. The maximum absolute atomic E-state index is 12.3. The summed E-state index contributed by atoms with van der Waals surface area (Å²) >= 11 is 1.48. The van der Waals surface area contributed by atoms with E-state index in [0.717, 1.165) is 10.5 Å². The van der Waals surface area contributed by atoms with Gasteiger partial charge in [0.25, 0.3) is 0 Å². The molecule has 1 saturated heterocycles. The van der Waals surface area contributed by atoms with E-state index in [-0.39, 0.29) is 18.1 Å². The lowest BCUT2D eigenvalue weighted by atomic mass is 9.86. The number of amides is 1. The summed E-state index contributed by atoms with van der Waals surface area (Å²) in [6.45, 7) is 5.03. The van der Waals surface area contributed by atoms with Gasteiger partial charge in [-0.05, 0) is 38.3 Å². The number of carbonyl (C=O) groups is 2. The number of carbonyl (C=O) groups excluding carboxylic acids is 1. The minimum Gasteiger partial charge on any atom is -0.481 e. The Bertz CT molecular complexity index is 582. The second kappa shape index (κ2) is 7.84. The van der Waals surface area contributed by atoms with Crippen molar-refractivity contribution in [3.8, 4) is 0 Å². The molecule has 0 saturated carbocycles. The van der Waals surface area contributed by atoms with Crippen molar-refractivity contribution >= 4 is 23.6 Å². The highest BCUT2D eigenvalue weighted by Crippen LogP contribution is 2.26. The van der Waals surface area contributed by atoms with Gasteiger partial charge in [-0.1, -0.05) is 17.7 Å². The summed E-state index contributed by atoms with van der Waals surface area (Å²) in [6.07, 6.45) is 1.02. The van der Waals surface area contributed by atoms with Gasteiger partial charge in [0, 0.05) is 18.1 Å². The van der Waals surface area contributed by atoms with E-state index in [1.807, 2.05) is 26.0 Å². The van der Waals surface area contributed by atoms with Gasteiger partial charge >= 0.3 is 5.97 Å². The molecule has 0 aromatic heterocycles.